The van der Waals surface area contributed by atoms with Crippen molar-refractivity contribution in [1.82, 2.24) is 0 Å². The van der Waals surface area contributed by atoms with E-state index in [-0.39, 0.29) is 5.92 Å². The van der Waals surface area contributed by atoms with Crippen LogP contribution in [-0.2, 0) is 19.1 Å². The van der Waals surface area contributed by atoms with Crippen LogP contribution >= 0.6 is 0 Å². The molecule has 1 aliphatic rings. The third-order valence-electron chi connectivity index (χ3n) is 3.69. The summed E-state index contributed by atoms with van der Waals surface area (Å²) in [5, 5.41) is 0. The lowest BCUT2D eigenvalue weighted by Crippen LogP contribution is -2.45. The maximum absolute atomic E-state index is 12.4. The van der Waals surface area contributed by atoms with E-state index in [1.807, 2.05) is 38.2 Å². The van der Waals surface area contributed by atoms with Crippen molar-refractivity contribution in [1.29, 1.82) is 0 Å². The van der Waals surface area contributed by atoms with E-state index in [2.05, 4.69) is 5.73 Å². The van der Waals surface area contributed by atoms with Crippen LogP contribution in [0.25, 0.3) is 0 Å². The summed E-state index contributed by atoms with van der Waals surface area (Å²) in [7, 11) is 2.54. The quantitative estimate of drug-likeness (QED) is 0.444. The Morgan fingerprint density at radius 1 is 1.29 bits per heavy atom. The molecule has 0 heterocycles. The molecular formula is C17H22O4. The van der Waals surface area contributed by atoms with Gasteiger partial charge in [-0.15, -0.1) is 5.73 Å². The molecule has 0 amide bonds. The van der Waals surface area contributed by atoms with Crippen LogP contribution in [0.5, 0.6) is 0 Å². The SMILES string of the molecule is CCC(C)=C=CC(C(=O)OC)(C(=O)OC)C1C=CC=CC1. The Bertz CT molecular complexity index is 503. The van der Waals surface area contributed by atoms with Crippen molar-refractivity contribution >= 4 is 11.9 Å². The highest BCUT2D eigenvalue weighted by molar-refractivity contribution is 6.03. The summed E-state index contributed by atoms with van der Waals surface area (Å²) in [6.07, 6.45) is 10.3. The Kier molecular flexibility index (Phi) is 6.19. The van der Waals surface area contributed by atoms with Crippen molar-refractivity contribution in [3.63, 3.8) is 0 Å². The molecule has 0 aromatic rings. The Balaban J connectivity index is 3.45. The average molecular weight is 290 g/mol. The first-order valence-electron chi connectivity index (χ1n) is 6.96. The van der Waals surface area contributed by atoms with Crippen molar-refractivity contribution in [2.45, 2.75) is 26.7 Å². The summed E-state index contributed by atoms with van der Waals surface area (Å²) in [6, 6.07) is 0. The fourth-order valence-corrected chi connectivity index (χ4v) is 2.21. The minimum absolute atomic E-state index is 0.348. The van der Waals surface area contributed by atoms with Gasteiger partial charge in [0.1, 0.15) is 0 Å². The van der Waals surface area contributed by atoms with Crippen molar-refractivity contribution in [2.75, 3.05) is 14.2 Å². The first-order chi connectivity index (χ1) is 10.0. The van der Waals surface area contributed by atoms with Crippen LogP contribution in [0.3, 0.4) is 0 Å². The van der Waals surface area contributed by atoms with Crippen molar-refractivity contribution in [3.8, 4) is 0 Å². The number of allylic oxidation sites excluding steroid dienone is 4. The molecule has 0 N–H and O–H groups in total. The fourth-order valence-electron chi connectivity index (χ4n) is 2.21. The fraction of sp³-hybridized carbons (Fsp3) is 0.471. The summed E-state index contributed by atoms with van der Waals surface area (Å²) in [4.78, 5) is 24.7. The molecule has 0 radical (unpaired) electrons. The Morgan fingerprint density at radius 3 is 2.33 bits per heavy atom. The first kappa shape index (κ1) is 17.0. The number of carbonyl (C=O) groups is 2. The van der Waals surface area contributed by atoms with Crippen LogP contribution in [0, 0.1) is 11.3 Å². The molecule has 1 atom stereocenters. The number of hydrogen-bond acceptors (Lipinski definition) is 4. The Hall–Kier alpha value is -2.06. The van der Waals surface area contributed by atoms with Gasteiger partial charge in [-0.05, 0) is 31.4 Å². The van der Waals surface area contributed by atoms with E-state index in [4.69, 9.17) is 9.47 Å². The number of ether oxygens (including phenoxy) is 2. The van der Waals surface area contributed by atoms with Crippen LogP contribution in [-0.4, -0.2) is 26.2 Å². The lowest BCUT2D eigenvalue weighted by molar-refractivity contribution is -0.167. The summed E-state index contributed by atoms with van der Waals surface area (Å²) in [6.45, 7) is 3.88. The minimum Gasteiger partial charge on any atom is -0.468 e. The standard InChI is InChI=1S/C17H22O4/c1-5-13(2)11-12-17(15(18)20-3,16(19)21-4)14-9-7-6-8-10-14/h6-9,12,14H,5,10H2,1-4H3. The molecular weight excluding hydrogens is 268 g/mol. The molecule has 1 rings (SSSR count). The highest BCUT2D eigenvalue weighted by Crippen LogP contribution is 2.37. The van der Waals surface area contributed by atoms with Gasteiger partial charge in [-0.3, -0.25) is 9.59 Å². The van der Waals surface area contributed by atoms with Gasteiger partial charge in [0.05, 0.1) is 14.2 Å². The minimum atomic E-state index is -1.50. The van der Waals surface area contributed by atoms with E-state index >= 15 is 0 Å². The number of carbonyl (C=O) groups excluding carboxylic acids is 2. The summed E-state index contributed by atoms with van der Waals surface area (Å²) in [5.74, 6) is -1.61. The largest absolute Gasteiger partial charge is 0.468 e. The van der Waals surface area contributed by atoms with Gasteiger partial charge in [0.25, 0.3) is 0 Å². The van der Waals surface area contributed by atoms with E-state index in [0.29, 0.717) is 6.42 Å². The zero-order valence-electron chi connectivity index (χ0n) is 13.0. The Labute approximate surface area is 125 Å². The van der Waals surface area contributed by atoms with Gasteiger partial charge in [0, 0.05) is 5.92 Å². The molecule has 0 saturated heterocycles. The van der Waals surface area contributed by atoms with Gasteiger partial charge in [0.15, 0.2) is 5.41 Å². The van der Waals surface area contributed by atoms with Crippen LogP contribution in [0.15, 0.2) is 41.7 Å². The predicted molar refractivity (Wildman–Crippen MR) is 80.4 cm³/mol. The monoisotopic (exact) mass is 290 g/mol. The molecule has 0 bridgehead atoms. The van der Waals surface area contributed by atoms with Crippen molar-refractivity contribution in [2.24, 2.45) is 11.3 Å². The topological polar surface area (TPSA) is 52.6 Å². The van der Waals surface area contributed by atoms with Gasteiger partial charge >= 0.3 is 11.9 Å². The molecule has 0 saturated carbocycles. The second-order valence-corrected chi connectivity index (χ2v) is 4.93. The van der Waals surface area contributed by atoms with Gasteiger partial charge in [-0.25, -0.2) is 0 Å². The molecule has 1 aliphatic carbocycles. The number of rotatable bonds is 5. The molecule has 4 heteroatoms. The number of hydrogen-bond donors (Lipinski definition) is 0. The smallest absolute Gasteiger partial charge is 0.328 e. The molecule has 0 aliphatic heterocycles. The molecule has 0 spiro atoms. The first-order valence-corrected chi connectivity index (χ1v) is 6.96. The van der Waals surface area contributed by atoms with E-state index < -0.39 is 17.4 Å². The summed E-state index contributed by atoms with van der Waals surface area (Å²) >= 11 is 0. The molecule has 21 heavy (non-hydrogen) atoms. The molecule has 4 nitrogen and oxygen atoms in total. The molecule has 1 unspecified atom stereocenters. The lowest BCUT2D eigenvalue weighted by Gasteiger charge is -2.31. The van der Waals surface area contributed by atoms with Crippen LogP contribution in [0.1, 0.15) is 26.7 Å². The lowest BCUT2D eigenvalue weighted by atomic mass is 9.72. The second kappa shape index (κ2) is 7.65. The average Bonchev–Trinajstić information content (AvgIpc) is 2.55. The zero-order valence-corrected chi connectivity index (χ0v) is 13.0. The van der Waals surface area contributed by atoms with Crippen molar-refractivity contribution in [3.05, 3.63) is 41.7 Å². The van der Waals surface area contributed by atoms with Crippen molar-refractivity contribution < 1.29 is 19.1 Å². The third kappa shape index (κ3) is 3.53. The van der Waals surface area contributed by atoms with E-state index in [9.17, 15) is 9.59 Å². The normalized spacial score (nSPS) is 16.9. The second-order valence-electron chi connectivity index (χ2n) is 4.93. The van der Waals surface area contributed by atoms with Gasteiger partial charge in [0.2, 0.25) is 0 Å². The summed E-state index contributed by atoms with van der Waals surface area (Å²) in [5.41, 5.74) is 2.48. The molecule has 0 fully saturated rings. The third-order valence-corrected chi connectivity index (χ3v) is 3.69. The predicted octanol–water partition coefficient (Wildman–Crippen LogP) is 2.96. The zero-order chi connectivity index (χ0) is 15.9. The van der Waals surface area contributed by atoms with Crippen LogP contribution in [0.2, 0.25) is 0 Å². The highest BCUT2D eigenvalue weighted by Gasteiger charge is 2.51. The van der Waals surface area contributed by atoms with Gasteiger partial charge in [-0.1, -0.05) is 31.2 Å². The molecule has 0 aromatic heterocycles. The number of methoxy groups -OCH3 is 2. The maximum atomic E-state index is 12.4. The van der Waals surface area contributed by atoms with E-state index in [1.54, 1.807) is 0 Å². The Morgan fingerprint density at radius 2 is 1.90 bits per heavy atom. The molecule has 114 valence electrons. The number of esters is 2. The van der Waals surface area contributed by atoms with Crippen LogP contribution < -0.4 is 0 Å². The molecule has 0 aromatic carbocycles. The maximum Gasteiger partial charge on any atom is 0.328 e. The highest BCUT2D eigenvalue weighted by atomic mass is 16.5. The van der Waals surface area contributed by atoms with Gasteiger partial charge in [-0.2, -0.15) is 0 Å². The van der Waals surface area contributed by atoms with E-state index in [1.165, 1.54) is 20.3 Å². The van der Waals surface area contributed by atoms with Crippen LogP contribution in [0.4, 0.5) is 0 Å². The summed E-state index contributed by atoms with van der Waals surface area (Å²) < 4.78 is 9.76. The van der Waals surface area contributed by atoms with E-state index in [0.717, 1.165) is 12.0 Å². The van der Waals surface area contributed by atoms with Gasteiger partial charge < -0.3 is 9.47 Å².